The number of nitrogen functional groups attached to an aromatic ring is 1. The van der Waals surface area contributed by atoms with Crippen LogP contribution in [0, 0.1) is 10.5 Å². The van der Waals surface area contributed by atoms with Crippen LogP contribution in [0.5, 0.6) is 0 Å². The monoisotopic (exact) mass is 345 g/mol. The van der Waals surface area contributed by atoms with Crippen molar-refractivity contribution in [2.75, 3.05) is 5.73 Å². The second kappa shape index (κ2) is 4.11. The summed E-state index contributed by atoms with van der Waals surface area (Å²) in [5.41, 5.74) is 3.58. The molecule has 0 saturated carbocycles. The lowest BCUT2D eigenvalue weighted by atomic mass is 10.0. The van der Waals surface area contributed by atoms with Gasteiger partial charge in [-0.1, -0.05) is 0 Å². The molecule has 0 aliphatic carbocycles. The summed E-state index contributed by atoms with van der Waals surface area (Å²) in [7, 11) is 0. The van der Waals surface area contributed by atoms with Gasteiger partial charge in [0.1, 0.15) is 0 Å². The molecule has 0 atom stereocenters. The van der Waals surface area contributed by atoms with E-state index in [1.807, 2.05) is 0 Å². The van der Waals surface area contributed by atoms with Crippen molar-refractivity contribution in [3.63, 3.8) is 0 Å². The van der Waals surface area contributed by atoms with Crippen molar-refractivity contribution in [3.05, 3.63) is 26.3 Å². The van der Waals surface area contributed by atoms with E-state index in [0.29, 0.717) is 0 Å². The van der Waals surface area contributed by atoms with Crippen LogP contribution >= 0.6 is 22.6 Å². The standard InChI is InChI=1S/C9H7F3INO2/c1-3-6(9(10,11)12)5(13)2-4(7(3)14)8(15)16/h2H,14H2,1H3,(H,15,16). The maximum atomic E-state index is 12.6. The first-order chi connectivity index (χ1) is 7.16. The number of rotatable bonds is 1. The molecule has 0 saturated heterocycles. The third kappa shape index (κ3) is 2.23. The van der Waals surface area contributed by atoms with Crippen LogP contribution in [0.4, 0.5) is 18.9 Å². The van der Waals surface area contributed by atoms with Crippen molar-refractivity contribution in [2.24, 2.45) is 0 Å². The lowest BCUT2D eigenvalue weighted by molar-refractivity contribution is -0.138. The Morgan fingerprint density at radius 3 is 2.38 bits per heavy atom. The Labute approximate surface area is 103 Å². The maximum absolute atomic E-state index is 12.6. The number of hydrogen-bond donors (Lipinski definition) is 2. The fourth-order valence-electron chi connectivity index (χ4n) is 1.32. The molecular weight excluding hydrogens is 338 g/mol. The Kier molecular flexibility index (Phi) is 3.36. The fraction of sp³-hybridized carbons (Fsp3) is 0.222. The molecule has 0 amide bonds. The molecule has 0 spiro atoms. The number of nitrogens with two attached hydrogens (primary N) is 1. The van der Waals surface area contributed by atoms with Gasteiger partial charge in [0.15, 0.2) is 0 Å². The molecule has 0 aliphatic heterocycles. The van der Waals surface area contributed by atoms with E-state index < -0.39 is 17.7 Å². The summed E-state index contributed by atoms with van der Waals surface area (Å²) in [5, 5.41) is 8.74. The van der Waals surface area contributed by atoms with E-state index in [2.05, 4.69) is 0 Å². The van der Waals surface area contributed by atoms with E-state index in [9.17, 15) is 18.0 Å². The molecule has 1 aromatic carbocycles. The summed E-state index contributed by atoms with van der Waals surface area (Å²) >= 11 is 1.45. The van der Waals surface area contributed by atoms with Crippen molar-refractivity contribution in [1.82, 2.24) is 0 Å². The first kappa shape index (κ1) is 13.1. The molecule has 88 valence electrons. The van der Waals surface area contributed by atoms with E-state index in [4.69, 9.17) is 10.8 Å². The number of halogens is 4. The zero-order valence-corrected chi connectivity index (χ0v) is 10.2. The van der Waals surface area contributed by atoms with Crippen LogP contribution in [-0.2, 0) is 6.18 Å². The Bertz CT molecular complexity index is 457. The predicted octanol–water partition coefficient (Wildman–Crippen LogP) is 2.90. The molecule has 0 fully saturated rings. The number of aromatic carboxylic acids is 1. The molecule has 3 nitrogen and oxygen atoms in total. The third-order valence-corrected chi connectivity index (χ3v) is 2.94. The van der Waals surface area contributed by atoms with E-state index in [-0.39, 0.29) is 20.4 Å². The van der Waals surface area contributed by atoms with Crippen molar-refractivity contribution < 1.29 is 23.1 Å². The Hall–Kier alpha value is -0.990. The SMILES string of the molecule is Cc1c(N)c(C(=O)O)cc(I)c1C(F)(F)F. The fourth-order valence-corrected chi connectivity index (χ4v) is 2.34. The Morgan fingerprint density at radius 2 is 2.00 bits per heavy atom. The van der Waals surface area contributed by atoms with Crippen LogP contribution in [-0.4, -0.2) is 11.1 Å². The topological polar surface area (TPSA) is 63.3 Å². The van der Waals surface area contributed by atoms with E-state index in [0.717, 1.165) is 13.0 Å². The molecule has 0 unspecified atom stereocenters. The van der Waals surface area contributed by atoms with Crippen molar-refractivity contribution >= 4 is 34.2 Å². The molecule has 0 aliphatic rings. The molecular formula is C9H7F3INO2. The summed E-state index contributed by atoms with van der Waals surface area (Å²) < 4.78 is 37.7. The highest BCUT2D eigenvalue weighted by Crippen LogP contribution is 2.38. The van der Waals surface area contributed by atoms with Gasteiger partial charge < -0.3 is 10.8 Å². The summed E-state index contributed by atoms with van der Waals surface area (Å²) in [4.78, 5) is 10.7. The van der Waals surface area contributed by atoms with E-state index in [1.165, 1.54) is 22.6 Å². The van der Waals surface area contributed by atoms with Gasteiger partial charge in [-0.2, -0.15) is 13.2 Å². The van der Waals surface area contributed by atoms with Crippen molar-refractivity contribution in [1.29, 1.82) is 0 Å². The molecule has 0 heterocycles. The number of hydrogen-bond acceptors (Lipinski definition) is 2. The Morgan fingerprint density at radius 1 is 1.50 bits per heavy atom. The van der Waals surface area contributed by atoms with E-state index in [1.54, 1.807) is 0 Å². The second-order valence-electron chi connectivity index (χ2n) is 3.12. The van der Waals surface area contributed by atoms with Crippen molar-refractivity contribution in [3.8, 4) is 0 Å². The highest BCUT2D eigenvalue weighted by atomic mass is 127. The average molecular weight is 345 g/mol. The van der Waals surface area contributed by atoms with Crippen LogP contribution in [0.2, 0.25) is 0 Å². The minimum Gasteiger partial charge on any atom is -0.478 e. The molecule has 1 aromatic rings. The summed E-state index contributed by atoms with van der Waals surface area (Å²) in [6.07, 6.45) is -4.54. The molecule has 7 heteroatoms. The normalized spacial score (nSPS) is 11.6. The lowest BCUT2D eigenvalue weighted by Crippen LogP contribution is -2.15. The predicted molar refractivity (Wildman–Crippen MR) is 60.3 cm³/mol. The van der Waals surface area contributed by atoms with Crippen LogP contribution < -0.4 is 5.73 Å². The highest BCUT2D eigenvalue weighted by Gasteiger charge is 2.36. The highest BCUT2D eigenvalue weighted by molar-refractivity contribution is 14.1. The quantitative estimate of drug-likeness (QED) is 0.608. The molecule has 0 bridgehead atoms. The van der Waals surface area contributed by atoms with Gasteiger partial charge in [0, 0.05) is 9.26 Å². The Balaban J connectivity index is 3.59. The van der Waals surface area contributed by atoms with Gasteiger partial charge in [0.25, 0.3) is 0 Å². The number of carbonyl (C=O) groups is 1. The zero-order chi connectivity index (χ0) is 12.7. The first-order valence-corrected chi connectivity index (χ1v) is 5.13. The molecule has 0 aromatic heterocycles. The van der Waals surface area contributed by atoms with Gasteiger partial charge in [-0.15, -0.1) is 0 Å². The summed E-state index contributed by atoms with van der Waals surface area (Å²) in [5.74, 6) is -1.34. The first-order valence-electron chi connectivity index (χ1n) is 4.05. The van der Waals surface area contributed by atoms with Gasteiger partial charge in [-0.25, -0.2) is 4.79 Å². The van der Waals surface area contributed by atoms with Crippen LogP contribution in [0.3, 0.4) is 0 Å². The minimum atomic E-state index is -4.54. The second-order valence-corrected chi connectivity index (χ2v) is 4.28. The van der Waals surface area contributed by atoms with Gasteiger partial charge in [0.05, 0.1) is 11.1 Å². The van der Waals surface area contributed by atoms with Gasteiger partial charge in [-0.3, -0.25) is 0 Å². The van der Waals surface area contributed by atoms with Crippen LogP contribution in [0.1, 0.15) is 21.5 Å². The van der Waals surface area contributed by atoms with Gasteiger partial charge in [-0.05, 0) is 41.1 Å². The minimum absolute atomic E-state index is 0.172. The van der Waals surface area contributed by atoms with Gasteiger partial charge >= 0.3 is 12.1 Å². The molecule has 1 rings (SSSR count). The molecule has 16 heavy (non-hydrogen) atoms. The van der Waals surface area contributed by atoms with Crippen LogP contribution in [0.15, 0.2) is 6.07 Å². The average Bonchev–Trinajstić information content (AvgIpc) is 2.08. The number of carboxylic acids is 1. The molecule has 3 N–H and O–H groups in total. The summed E-state index contributed by atoms with van der Waals surface area (Å²) in [6.45, 7) is 1.16. The van der Waals surface area contributed by atoms with Crippen LogP contribution in [0.25, 0.3) is 0 Å². The third-order valence-electron chi connectivity index (χ3n) is 2.09. The maximum Gasteiger partial charge on any atom is 0.417 e. The smallest absolute Gasteiger partial charge is 0.417 e. The lowest BCUT2D eigenvalue weighted by Gasteiger charge is -2.15. The number of benzene rings is 1. The van der Waals surface area contributed by atoms with Crippen molar-refractivity contribution in [2.45, 2.75) is 13.1 Å². The number of alkyl halides is 3. The largest absolute Gasteiger partial charge is 0.478 e. The van der Waals surface area contributed by atoms with E-state index >= 15 is 0 Å². The zero-order valence-electron chi connectivity index (χ0n) is 8.02. The number of anilines is 1. The van der Waals surface area contributed by atoms with Gasteiger partial charge in [0.2, 0.25) is 0 Å². The number of carboxylic acid groups (broad SMARTS) is 1. The summed E-state index contributed by atoms with van der Waals surface area (Å²) in [6, 6.07) is 0.925. The molecule has 0 radical (unpaired) electrons.